The largest absolute Gasteiger partial charge is 0.467 e. The molecule has 0 unspecified atom stereocenters. The van der Waals surface area contributed by atoms with Gasteiger partial charge in [0.15, 0.2) is 0 Å². The van der Waals surface area contributed by atoms with Crippen LogP contribution in [0.1, 0.15) is 12.5 Å². The zero-order valence-corrected chi connectivity index (χ0v) is 10.8. The number of halogens is 1. The minimum Gasteiger partial charge on any atom is -0.467 e. The van der Waals surface area contributed by atoms with E-state index in [1.165, 1.54) is 31.4 Å². The number of alkyl carbamates (subject to hydrolysis) is 1. The van der Waals surface area contributed by atoms with Gasteiger partial charge in [0.05, 0.1) is 13.7 Å². The summed E-state index contributed by atoms with van der Waals surface area (Å²) in [4.78, 5) is 22.9. The predicted octanol–water partition coefficient (Wildman–Crippen LogP) is 1.66. The van der Waals surface area contributed by atoms with Gasteiger partial charge < -0.3 is 14.8 Å². The Labute approximate surface area is 110 Å². The van der Waals surface area contributed by atoms with Crippen molar-refractivity contribution in [3.05, 3.63) is 35.6 Å². The lowest BCUT2D eigenvalue weighted by Crippen LogP contribution is -2.43. The van der Waals surface area contributed by atoms with Crippen molar-refractivity contribution in [3.63, 3.8) is 0 Å². The summed E-state index contributed by atoms with van der Waals surface area (Å²) in [5.41, 5.74) is 0.702. The van der Waals surface area contributed by atoms with Crippen molar-refractivity contribution in [1.82, 2.24) is 5.32 Å². The molecule has 1 atom stereocenters. The first-order valence-electron chi connectivity index (χ1n) is 5.82. The Morgan fingerprint density at radius 1 is 1.32 bits per heavy atom. The summed E-state index contributed by atoms with van der Waals surface area (Å²) in [6.45, 7) is 1.86. The van der Waals surface area contributed by atoms with Crippen LogP contribution >= 0.6 is 0 Å². The monoisotopic (exact) mass is 268 g/mol. The highest BCUT2D eigenvalue weighted by Crippen LogP contribution is 2.07. The van der Waals surface area contributed by atoms with Gasteiger partial charge in [-0.05, 0) is 24.6 Å². The second kappa shape index (κ2) is 7.35. The second-order valence-corrected chi connectivity index (χ2v) is 3.77. The normalized spacial score (nSPS) is 11.5. The van der Waals surface area contributed by atoms with E-state index >= 15 is 0 Å². The number of ether oxygens (including phenoxy) is 2. The Bertz CT molecular complexity index is 433. The molecule has 0 aliphatic carbocycles. The van der Waals surface area contributed by atoms with Crippen molar-refractivity contribution >= 4 is 12.1 Å². The highest BCUT2D eigenvalue weighted by molar-refractivity contribution is 5.81. The number of carbonyl (C=O) groups is 2. The van der Waals surface area contributed by atoms with Gasteiger partial charge in [-0.25, -0.2) is 14.0 Å². The number of amides is 1. The Hall–Kier alpha value is -2.11. The molecule has 1 aromatic carbocycles. The molecule has 0 fully saturated rings. The van der Waals surface area contributed by atoms with Crippen LogP contribution in [0.4, 0.5) is 9.18 Å². The highest BCUT2D eigenvalue weighted by atomic mass is 18.2. The van der Waals surface area contributed by atoms with Gasteiger partial charge >= 0.3 is 12.1 Å². The van der Waals surface area contributed by atoms with Gasteiger partial charge in [-0.3, -0.25) is 0 Å². The van der Waals surface area contributed by atoms with Gasteiger partial charge in [-0.15, -0.1) is 0 Å². The van der Waals surface area contributed by atoms with E-state index in [0.29, 0.717) is 5.56 Å². The summed E-state index contributed by atoms with van der Waals surface area (Å²) in [7, 11) is 1.23. The zero-order chi connectivity index (χ0) is 14.3. The molecule has 19 heavy (non-hydrogen) atoms. The van der Waals surface area contributed by atoms with Crippen LogP contribution in [-0.4, -0.2) is 31.8 Å². The average Bonchev–Trinajstić information content (AvgIpc) is 2.40. The molecule has 5 nitrogen and oxygen atoms in total. The van der Waals surface area contributed by atoms with Crippen LogP contribution in [0.15, 0.2) is 24.3 Å². The molecule has 0 spiro atoms. The fraction of sp³-hybridized carbons (Fsp3) is 0.385. The summed E-state index contributed by atoms with van der Waals surface area (Å²) < 4.78 is 22.1. The second-order valence-electron chi connectivity index (χ2n) is 3.77. The number of hydrogen-bond acceptors (Lipinski definition) is 4. The lowest BCUT2D eigenvalue weighted by molar-refractivity contribution is -0.142. The Morgan fingerprint density at radius 2 is 1.95 bits per heavy atom. The summed E-state index contributed by atoms with van der Waals surface area (Å²) in [5, 5.41) is 2.40. The van der Waals surface area contributed by atoms with Crippen LogP contribution in [0.3, 0.4) is 0 Å². The third kappa shape index (κ3) is 4.95. The maximum absolute atomic E-state index is 12.8. The molecule has 1 amide bonds. The van der Waals surface area contributed by atoms with Crippen LogP contribution in [0.25, 0.3) is 0 Å². The predicted molar refractivity (Wildman–Crippen MR) is 66.1 cm³/mol. The maximum Gasteiger partial charge on any atom is 0.407 e. The van der Waals surface area contributed by atoms with E-state index in [9.17, 15) is 14.0 Å². The van der Waals surface area contributed by atoms with Crippen LogP contribution in [0.2, 0.25) is 0 Å². The van der Waals surface area contributed by atoms with E-state index in [0.717, 1.165) is 0 Å². The first-order chi connectivity index (χ1) is 9.06. The zero-order valence-electron chi connectivity index (χ0n) is 10.8. The molecule has 104 valence electrons. The van der Waals surface area contributed by atoms with E-state index in [-0.39, 0.29) is 18.8 Å². The van der Waals surface area contributed by atoms with Gasteiger partial charge in [0.2, 0.25) is 0 Å². The van der Waals surface area contributed by atoms with Gasteiger partial charge in [0.25, 0.3) is 0 Å². The van der Waals surface area contributed by atoms with Gasteiger partial charge in [0, 0.05) is 6.42 Å². The average molecular weight is 268 g/mol. The molecular formula is C13H16FNO4. The van der Waals surface area contributed by atoms with Crippen molar-refractivity contribution in [3.8, 4) is 0 Å². The van der Waals surface area contributed by atoms with Gasteiger partial charge in [0.1, 0.15) is 11.9 Å². The molecule has 6 heteroatoms. The number of hydrogen-bond donors (Lipinski definition) is 1. The molecule has 0 saturated carbocycles. The molecule has 1 aromatic rings. The van der Waals surface area contributed by atoms with E-state index < -0.39 is 18.1 Å². The molecular weight excluding hydrogens is 252 g/mol. The van der Waals surface area contributed by atoms with Crippen molar-refractivity contribution in [1.29, 1.82) is 0 Å². The maximum atomic E-state index is 12.8. The van der Waals surface area contributed by atoms with E-state index in [1.54, 1.807) is 6.92 Å². The molecule has 0 aliphatic heterocycles. The van der Waals surface area contributed by atoms with Crippen LogP contribution in [0.5, 0.6) is 0 Å². The van der Waals surface area contributed by atoms with Crippen molar-refractivity contribution < 1.29 is 23.5 Å². The minimum atomic E-state index is -0.866. The van der Waals surface area contributed by atoms with Crippen LogP contribution < -0.4 is 5.32 Å². The quantitative estimate of drug-likeness (QED) is 0.825. The standard InChI is InChI=1S/C13H16FNO4/c1-3-19-13(17)15-11(12(16)18-2)8-9-4-6-10(14)7-5-9/h4-7,11H,3,8H2,1-2H3,(H,15,17)/t11-/m0/s1/i14-1. The number of benzene rings is 1. The minimum absolute atomic E-state index is 0.200. The SMILES string of the molecule is CCOC(=O)N[C@@H](Cc1ccc([18F])cc1)C(=O)OC. The number of esters is 1. The Balaban J connectivity index is 2.71. The third-order valence-corrected chi connectivity index (χ3v) is 2.41. The van der Waals surface area contributed by atoms with Gasteiger partial charge in [-0.2, -0.15) is 0 Å². The molecule has 1 N–H and O–H groups in total. The number of rotatable bonds is 5. The Morgan fingerprint density at radius 3 is 2.47 bits per heavy atom. The van der Waals surface area contributed by atoms with Crippen LogP contribution in [-0.2, 0) is 20.7 Å². The molecule has 0 bridgehead atoms. The van der Waals surface area contributed by atoms with Crippen molar-refractivity contribution in [2.45, 2.75) is 19.4 Å². The molecule has 0 aliphatic rings. The fourth-order valence-electron chi connectivity index (χ4n) is 1.51. The molecule has 0 aromatic heterocycles. The fourth-order valence-corrected chi connectivity index (χ4v) is 1.51. The summed E-state index contributed by atoms with van der Waals surface area (Å²) >= 11 is 0. The van der Waals surface area contributed by atoms with Gasteiger partial charge in [-0.1, -0.05) is 12.1 Å². The molecule has 0 radical (unpaired) electrons. The number of nitrogens with one attached hydrogen (secondary N) is 1. The summed E-state index contributed by atoms with van der Waals surface area (Å²) in [6.07, 6.45) is -0.494. The molecule has 0 saturated heterocycles. The first kappa shape index (κ1) is 14.9. The molecule has 0 heterocycles. The summed E-state index contributed by atoms with van der Waals surface area (Å²) in [5.74, 6) is -0.950. The van der Waals surface area contributed by atoms with E-state index in [4.69, 9.17) is 4.74 Å². The summed E-state index contributed by atoms with van der Waals surface area (Å²) in [6, 6.07) is 4.78. The Kier molecular flexibility index (Phi) is 5.78. The van der Waals surface area contributed by atoms with E-state index in [2.05, 4.69) is 10.1 Å². The molecule has 1 rings (SSSR count). The smallest absolute Gasteiger partial charge is 0.407 e. The van der Waals surface area contributed by atoms with Crippen LogP contribution in [0, 0.1) is 5.82 Å². The number of methoxy groups -OCH3 is 1. The van der Waals surface area contributed by atoms with Crippen molar-refractivity contribution in [2.24, 2.45) is 0 Å². The highest BCUT2D eigenvalue weighted by Gasteiger charge is 2.22. The number of carbonyl (C=O) groups excluding carboxylic acids is 2. The third-order valence-electron chi connectivity index (χ3n) is 2.41. The van der Waals surface area contributed by atoms with Crippen molar-refractivity contribution in [2.75, 3.05) is 13.7 Å². The topological polar surface area (TPSA) is 64.6 Å². The lowest BCUT2D eigenvalue weighted by atomic mass is 10.1. The van der Waals surface area contributed by atoms with E-state index in [1.807, 2.05) is 0 Å². The first-order valence-corrected chi connectivity index (χ1v) is 5.82. The lowest BCUT2D eigenvalue weighted by Gasteiger charge is -2.16.